The van der Waals surface area contributed by atoms with Crippen LogP contribution in [0.25, 0.3) is 49.4 Å². The molecule has 0 aromatic heterocycles. The van der Waals surface area contributed by atoms with E-state index in [0.717, 1.165) is 11.1 Å². The zero-order valence-corrected chi connectivity index (χ0v) is 18.5. The molecule has 0 radical (unpaired) electrons. The van der Waals surface area contributed by atoms with Gasteiger partial charge in [0.05, 0.1) is 11.4 Å². The van der Waals surface area contributed by atoms with Gasteiger partial charge in [-0.25, -0.2) is 0 Å². The second kappa shape index (κ2) is 8.09. The molecule has 6 rings (SSSR count). The van der Waals surface area contributed by atoms with Gasteiger partial charge in [0.25, 0.3) is 0 Å². The van der Waals surface area contributed by atoms with E-state index in [1.165, 1.54) is 43.8 Å². The van der Waals surface area contributed by atoms with Crippen LogP contribution in [0.5, 0.6) is 0 Å². The van der Waals surface area contributed by atoms with Crippen molar-refractivity contribution in [3.63, 3.8) is 0 Å². The lowest BCUT2D eigenvalue weighted by molar-refractivity contribution is 1.49. The zero-order valence-electron chi connectivity index (χ0n) is 18.5. The first kappa shape index (κ1) is 20.1. The third kappa shape index (κ3) is 3.28. The van der Waals surface area contributed by atoms with Crippen LogP contribution in [0.4, 0.5) is 0 Å². The number of hydrogen-bond donors (Lipinski definition) is 2. The minimum absolute atomic E-state index is 0.245. The summed E-state index contributed by atoms with van der Waals surface area (Å²) in [4.78, 5) is 0. The van der Waals surface area contributed by atoms with Gasteiger partial charge in [-0.15, -0.1) is 0 Å². The van der Waals surface area contributed by atoms with Gasteiger partial charge in [0.15, 0.2) is 0 Å². The highest BCUT2D eigenvalue weighted by molar-refractivity contribution is 6.50. The Balaban J connectivity index is 1.59. The van der Waals surface area contributed by atoms with E-state index in [-0.39, 0.29) is 11.4 Å². The average Bonchev–Trinajstić information content (AvgIpc) is 2.89. The summed E-state index contributed by atoms with van der Waals surface area (Å²) < 4.78 is 0. The average molecular weight is 435 g/mol. The van der Waals surface area contributed by atoms with E-state index in [0.29, 0.717) is 0 Å². The fraction of sp³-hybridized carbons (Fsp3) is 0. The van der Waals surface area contributed by atoms with Gasteiger partial charge >= 0.3 is 0 Å². The summed E-state index contributed by atoms with van der Waals surface area (Å²) >= 11 is 0. The molecule has 5 aromatic rings. The first-order valence-electron chi connectivity index (χ1n) is 11.4. The molecule has 0 unspecified atom stereocenters. The smallest absolute Gasteiger partial charge is 0.0795 e. The standard InChI is InChI=1S/C32H22N2/c33-29-19-18-24(20-30(29)34)21-14-16-23(17-15-21)32-27-12-6-4-10-25(27)31(22-8-2-1-3-9-22)26-11-5-7-13-28(26)32/h1-20,33-34H. The molecular weight excluding hydrogens is 412 g/mol. The Morgan fingerprint density at radius 2 is 0.824 bits per heavy atom. The number of hydrogen-bond acceptors (Lipinski definition) is 2. The number of rotatable bonds is 3. The van der Waals surface area contributed by atoms with Crippen LogP contribution in [-0.2, 0) is 0 Å². The number of benzene rings is 5. The first-order valence-corrected chi connectivity index (χ1v) is 11.4. The molecular formula is C32H22N2. The highest BCUT2D eigenvalue weighted by Crippen LogP contribution is 2.43. The largest absolute Gasteiger partial charge is 0.299 e. The Morgan fingerprint density at radius 3 is 1.32 bits per heavy atom. The minimum Gasteiger partial charge on any atom is -0.299 e. The van der Waals surface area contributed by atoms with Crippen molar-refractivity contribution in [1.29, 1.82) is 10.8 Å². The first-order chi connectivity index (χ1) is 16.7. The van der Waals surface area contributed by atoms with Crippen LogP contribution >= 0.6 is 0 Å². The molecule has 0 atom stereocenters. The highest BCUT2D eigenvalue weighted by Gasteiger charge is 2.16. The Hall–Kier alpha value is -4.56. The molecule has 2 heteroatoms. The molecule has 0 heterocycles. The van der Waals surface area contributed by atoms with Crippen molar-refractivity contribution < 1.29 is 0 Å². The zero-order chi connectivity index (χ0) is 23.1. The molecule has 0 saturated carbocycles. The van der Waals surface area contributed by atoms with E-state index in [2.05, 4.69) is 103 Å². The van der Waals surface area contributed by atoms with Gasteiger partial charge in [0.2, 0.25) is 0 Å². The van der Waals surface area contributed by atoms with E-state index in [9.17, 15) is 0 Å². The summed E-state index contributed by atoms with van der Waals surface area (Å²) in [5.41, 5.74) is 7.39. The van der Waals surface area contributed by atoms with Crippen LogP contribution in [0.2, 0.25) is 0 Å². The van der Waals surface area contributed by atoms with Gasteiger partial charge in [-0.05, 0) is 67.1 Å². The Kier molecular flexibility index (Phi) is 4.78. The quantitative estimate of drug-likeness (QED) is 0.212. The van der Waals surface area contributed by atoms with E-state index < -0.39 is 0 Å². The summed E-state index contributed by atoms with van der Waals surface area (Å²) in [5, 5.41) is 20.7. The molecule has 160 valence electrons. The predicted octanol–water partition coefficient (Wildman–Crippen LogP) is 8.32. The summed E-state index contributed by atoms with van der Waals surface area (Å²) in [7, 11) is 0. The van der Waals surface area contributed by atoms with Gasteiger partial charge in [0, 0.05) is 0 Å². The second-order valence-corrected chi connectivity index (χ2v) is 8.54. The third-order valence-electron chi connectivity index (χ3n) is 6.52. The van der Waals surface area contributed by atoms with Crippen molar-refractivity contribution in [3.8, 4) is 22.3 Å². The molecule has 1 aliphatic rings. The predicted molar refractivity (Wildman–Crippen MR) is 145 cm³/mol. The summed E-state index contributed by atoms with van der Waals surface area (Å²) in [6.07, 6.45) is 5.36. The van der Waals surface area contributed by atoms with Crippen molar-refractivity contribution in [2.45, 2.75) is 0 Å². The topological polar surface area (TPSA) is 47.7 Å². The van der Waals surface area contributed by atoms with Crippen LogP contribution in [-0.4, -0.2) is 11.4 Å². The SMILES string of the molecule is N=C1C=CC(c2ccc(-c3c4ccccc4c(-c4ccccc4)c4ccccc34)cc2)=CC1=N. The highest BCUT2D eigenvalue weighted by atomic mass is 14.5. The van der Waals surface area contributed by atoms with Crippen molar-refractivity contribution in [3.05, 3.63) is 127 Å². The maximum Gasteiger partial charge on any atom is 0.0795 e. The maximum atomic E-state index is 7.97. The van der Waals surface area contributed by atoms with E-state index in [1.54, 1.807) is 12.2 Å². The molecule has 0 fully saturated rings. The Morgan fingerprint density at radius 1 is 0.382 bits per heavy atom. The normalized spacial score (nSPS) is 13.5. The van der Waals surface area contributed by atoms with Crippen LogP contribution < -0.4 is 0 Å². The monoisotopic (exact) mass is 434 g/mol. The summed E-state index contributed by atoms with van der Waals surface area (Å²) in [6.45, 7) is 0. The van der Waals surface area contributed by atoms with Crippen molar-refractivity contribution >= 4 is 38.5 Å². The Labute approximate surface area is 198 Å². The van der Waals surface area contributed by atoms with Crippen molar-refractivity contribution in [2.75, 3.05) is 0 Å². The molecule has 0 amide bonds. The molecule has 34 heavy (non-hydrogen) atoms. The van der Waals surface area contributed by atoms with Gasteiger partial charge < -0.3 is 0 Å². The van der Waals surface area contributed by atoms with E-state index in [4.69, 9.17) is 10.8 Å². The molecule has 0 aliphatic heterocycles. The van der Waals surface area contributed by atoms with Crippen molar-refractivity contribution in [2.24, 2.45) is 0 Å². The number of fused-ring (bicyclic) bond motifs is 2. The van der Waals surface area contributed by atoms with Crippen molar-refractivity contribution in [1.82, 2.24) is 0 Å². The molecule has 2 nitrogen and oxygen atoms in total. The van der Waals surface area contributed by atoms with Crippen LogP contribution in [0.1, 0.15) is 5.56 Å². The number of nitrogens with one attached hydrogen (secondary N) is 2. The maximum absolute atomic E-state index is 7.97. The Bertz CT molecular complexity index is 1600. The van der Waals surface area contributed by atoms with Crippen LogP contribution in [0, 0.1) is 10.8 Å². The molecule has 2 N–H and O–H groups in total. The molecule has 0 saturated heterocycles. The van der Waals surface area contributed by atoms with E-state index in [1.807, 2.05) is 6.08 Å². The lowest BCUT2D eigenvalue weighted by Crippen LogP contribution is -2.09. The van der Waals surface area contributed by atoms with Gasteiger partial charge in [-0.2, -0.15) is 0 Å². The fourth-order valence-corrected chi connectivity index (χ4v) is 4.91. The van der Waals surface area contributed by atoms with Crippen LogP contribution in [0.3, 0.4) is 0 Å². The van der Waals surface area contributed by atoms with E-state index >= 15 is 0 Å². The summed E-state index contributed by atoms with van der Waals surface area (Å²) in [5.74, 6) is 0. The second-order valence-electron chi connectivity index (χ2n) is 8.54. The van der Waals surface area contributed by atoms with Gasteiger partial charge in [0.1, 0.15) is 0 Å². The third-order valence-corrected chi connectivity index (χ3v) is 6.52. The molecule has 0 spiro atoms. The molecule has 1 aliphatic carbocycles. The van der Waals surface area contributed by atoms with Gasteiger partial charge in [-0.1, -0.05) is 109 Å². The van der Waals surface area contributed by atoms with Gasteiger partial charge in [-0.3, -0.25) is 10.8 Å². The number of allylic oxidation sites excluding steroid dienone is 4. The summed E-state index contributed by atoms with van der Waals surface area (Å²) in [6, 6.07) is 36.5. The molecule has 5 aromatic carbocycles. The lowest BCUT2D eigenvalue weighted by Gasteiger charge is -2.18. The fourth-order valence-electron chi connectivity index (χ4n) is 4.91. The molecule has 0 bridgehead atoms. The van der Waals surface area contributed by atoms with Crippen LogP contribution in [0.15, 0.2) is 121 Å². The minimum atomic E-state index is 0.245. The lowest BCUT2D eigenvalue weighted by atomic mass is 9.85.